The van der Waals surface area contributed by atoms with Crippen LogP contribution in [0.3, 0.4) is 0 Å². The van der Waals surface area contributed by atoms with Crippen LogP contribution in [0, 0.1) is 5.92 Å². The molecule has 0 aromatic heterocycles. The molecule has 1 aliphatic rings. The molecule has 1 unspecified atom stereocenters. The minimum Gasteiger partial charge on any atom is -0.466 e. The van der Waals surface area contributed by atoms with Gasteiger partial charge in [0.1, 0.15) is 0 Å². The maximum Gasteiger partial charge on any atom is 0.310 e. The zero-order chi connectivity index (χ0) is 18.9. The molecule has 1 aliphatic heterocycles. The molecular formula is C16H33IN4O4S. The van der Waals surface area contributed by atoms with Crippen molar-refractivity contribution in [2.24, 2.45) is 10.9 Å². The highest BCUT2D eigenvalue weighted by Gasteiger charge is 2.28. The van der Waals surface area contributed by atoms with E-state index in [1.54, 1.807) is 7.05 Å². The highest BCUT2D eigenvalue weighted by atomic mass is 127. The van der Waals surface area contributed by atoms with E-state index in [1.165, 1.54) is 10.6 Å². The first-order valence-electron chi connectivity index (χ1n) is 8.90. The molecule has 1 saturated heterocycles. The number of carbonyl (C=O) groups is 1. The Morgan fingerprint density at radius 2 is 2.08 bits per heavy atom. The molecule has 1 atom stereocenters. The van der Waals surface area contributed by atoms with Crippen LogP contribution in [0.5, 0.6) is 0 Å². The molecule has 0 bridgehead atoms. The number of sulfonamides is 1. The third kappa shape index (κ3) is 8.38. The molecule has 154 valence electrons. The van der Waals surface area contributed by atoms with E-state index in [2.05, 4.69) is 15.2 Å². The SMILES string of the molecule is CCOC(=O)C1CCCN(C(=NC)NCCCN(CC)S(C)(=O)=O)C1.I. The first-order valence-corrected chi connectivity index (χ1v) is 10.8. The van der Waals surface area contributed by atoms with Crippen molar-refractivity contribution >= 4 is 45.9 Å². The van der Waals surface area contributed by atoms with E-state index in [9.17, 15) is 13.2 Å². The molecule has 1 rings (SSSR count). The van der Waals surface area contributed by atoms with Gasteiger partial charge in [0.15, 0.2) is 5.96 Å². The van der Waals surface area contributed by atoms with E-state index in [0.717, 1.165) is 25.3 Å². The molecule has 0 radical (unpaired) electrons. The Hall–Kier alpha value is -0.620. The molecule has 0 aromatic rings. The van der Waals surface area contributed by atoms with Crippen LogP contribution in [-0.2, 0) is 19.6 Å². The fourth-order valence-electron chi connectivity index (χ4n) is 2.97. The summed E-state index contributed by atoms with van der Waals surface area (Å²) in [6.07, 6.45) is 3.68. The van der Waals surface area contributed by atoms with Gasteiger partial charge in [0, 0.05) is 39.8 Å². The highest BCUT2D eigenvalue weighted by Crippen LogP contribution is 2.18. The Morgan fingerprint density at radius 3 is 2.62 bits per heavy atom. The second kappa shape index (κ2) is 12.7. The summed E-state index contributed by atoms with van der Waals surface area (Å²) in [6, 6.07) is 0. The van der Waals surface area contributed by atoms with E-state index < -0.39 is 10.0 Å². The lowest BCUT2D eigenvalue weighted by atomic mass is 9.98. The predicted molar refractivity (Wildman–Crippen MR) is 114 cm³/mol. The Bertz CT molecular complexity index is 556. The third-order valence-corrected chi connectivity index (χ3v) is 5.62. The minimum absolute atomic E-state index is 0. The molecule has 0 spiro atoms. The van der Waals surface area contributed by atoms with E-state index in [0.29, 0.717) is 39.2 Å². The molecular weight excluding hydrogens is 471 g/mol. The van der Waals surface area contributed by atoms with Crippen LogP contribution in [0.4, 0.5) is 0 Å². The summed E-state index contributed by atoms with van der Waals surface area (Å²) in [7, 11) is -1.44. The van der Waals surface area contributed by atoms with Gasteiger partial charge in [0.2, 0.25) is 10.0 Å². The van der Waals surface area contributed by atoms with Crippen molar-refractivity contribution in [2.45, 2.75) is 33.1 Å². The van der Waals surface area contributed by atoms with Crippen molar-refractivity contribution in [3.8, 4) is 0 Å². The number of hydrogen-bond donors (Lipinski definition) is 1. The molecule has 1 fully saturated rings. The van der Waals surface area contributed by atoms with Crippen LogP contribution in [-0.4, -0.2) is 82.2 Å². The Balaban J connectivity index is 0.00000625. The number of carbonyl (C=O) groups excluding carboxylic acids is 1. The van der Waals surface area contributed by atoms with Gasteiger partial charge in [-0.1, -0.05) is 6.92 Å². The third-order valence-electron chi connectivity index (χ3n) is 4.24. The fourth-order valence-corrected chi connectivity index (χ4v) is 3.90. The summed E-state index contributed by atoms with van der Waals surface area (Å²) in [4.78, 5) is 18.3. The van der Waals surface area contributed by atoms with E-state index in [4.69, 9.17) is 4.74 Å². The van der Waals surface area contributed by atoms with Crippen LogP contribution < -0.4 is 5.32 Å². The largest absolute Gasteiger partial charge is 0.466 e. The van der Waals surface area contributed by atoms with Crippen molar-refractivity contribution in [3.63, 3.8) is 0 Å². The van der Waals surface area contributed by atoms with Gasteiger partial charge in [-0.25, -0.2) is 12.7 Å². The minimum atomic E-state index is -3.15. The van der Waals surface area contributed by atoms with Gasteiger partial charge in [0.05, 0.1) is 18.8 Å². The highest BCUT2D eigenvalue weighted by molar-refractivity contribution is 14.0. The van der Waals surface area contributed by atoms with E-state index in [1.807, 2.05) is 13.8 Å². The van der Waals surface area contributed by atoms with Gasteiger partial charge in [-0.2, -0.15) is 0 Å². The standard InChI is InChI=1S/C16H32N4O4S.HI/c1-5-20(25(4,22)23)12-8-10-18-16(17-3)19-11-7-9-14(13-19)15(21)24-6-2;/h14H,5-13H2,1-4H3,(H,17,18);1H. The summed E-state index contributed by atoms with van der Waals surface area (Å²) in [5, 5.41) is 3.26. The Kier molecular flexibility index (Phi) is 12.4. The van der Waals surface area contributed by atoms with Gasteiger partial charge in [-0.15, -0.1) is 24.0 Å². The summed E-state index contributed by atoms with van der Waals surface area (Å²) in [5.41, 5.74) is 0. The molecule has 1 heterocycles. The normalized spacial score (nSPS) is 18.4. The van der Waals surface area contributed by atoms with E-state index >= 15 is 0 Å². The molecule has 26 heavy (non-hydrogen) atoms. The number of nitrogens with one attached hydrogen (secondary N) is 1. The Labute approximate surface area is 174 Å². The van der Waals surface area contributed by atoms with Gasteiger partial charge < -0.3 is 15.0 Å². The van der Waals surface area contributed by atoms with Crippen molar-refractivity contribution in [1.82, 2.24) is 14.5 Å². The molecule has 0 aromatic carbocycles. The first kappa shape index (κ1) is 25.4. The number of aliphatic imine (C=N–C) groups is 1. The average molecular weight is 504 g/mol. The zero-order valence-corrected chi connectivity index (χ0v) is 19.4. The van der Waals surface area contributed by atoms with Crippen molar-refractivity contribution in [3.05, 3.63) is 0 Å². The van der Waals surface area contributed by atoms with Crippen molar-refractivity contribution in [2.75, 3.05) is 52.6 Å². The number of halogens is 1. The van der Waals surface area contributed by atoms with Gasteiger partial charge in [0.25, 0.3) is 0 Å². The van der Waals surface area contributed by atoms with Crippen LogP contribution >= 0.6 is 24.0 Å². The second-order valence-corrected chi connectivity index (χ2v) is 8.10. The number of rotatable bonds is 8. The second-order valence-electron chi connectivity index (χ2n) is 6.12. The molecule has 0 amide bonds. The summed E-state index contributed by atoms with van der Waals surface area (Å²) >= 11 is 0. The lowest BCUT2D eigenvalue weighted by molar-refractivity contribution is -0.149. The maximum atomic E-state index is 11.9. The predicted octanol–water partition coefficient (Wildman–Crippen LogP) is 1.13. The lowest BCUT2D eigenvalue weighted by Crippen LogP contribution is -2.48. The number of nitrogens with zero attached hydrogens (tertiary/aromatic N) is 3. The molecule has 0 saturated carbocycles. The van der Waals surface area contributed by atoms with Crippen LogP contribution in [0.1, 0.15) is 33.1 Å². The monoisotopic (exact) mass is 504 g/mol. The van der Waals surface area contributed by atoms with Crippen LogP contribution in [0.2, 0.25) is 0 Å². The number of ether oxygens (including phenoxy) is 1. The summed E-state index contributed by atoms with van der Waals surface area (Å²) in [6.45, 7) is 7.07. The number of esters is 1. The topological polar surface area (TPSA) is 91.3 Å². The maximum absolute atomic E-state index is 11.9. The summed E-state index contributed by atoms with van der Waals surface area (Å²) in [5.74, 6) is 0.485. The number of likely N-dealkylation sites (tertiary alicyclic amines) is 1. The Morgan fingerprint density at radius 1 is 1.38 bits per heavy atom. The molecule has 1 N–H and O–H groups in total. The molecule has 8 nitrogen and oxygen atoms in total. The first-order chi connectivity index (χ1) is 11.8. The summed E-state index contributed by atoms with van der Waals surface area (Å²) < 4.78 is 29.7. The quantitative estimate of drug-likeness (QED) is 0.175. The van der Waals surface area contributed by atoms with Crippen LogP contribution in [0.25, 0.3) is 0 Å². The van der Waals surface area contributed by atoms with Gasteiger partial charge in [-0.3, -0.25) is 9.79 Å². The zero-order valence-electron chi connectivity index (χ0n) is 16.2. The smallest absolute Gasteiger partial charge is 0.310 e. The van der Waals surface area contributed by atoms with Crippen molar-refractivity contribution in [1.29, 1.82) is 0 Å². The number of piperidine rings is 1. The van der Waals surface area contributed by atoms with Crippen LogP contribution in [0.15, 0.2) is 4.99 Å². The van der Waals surface area contributed by atoms with Crippen molar-refractivity contribution < 1.29 is 17.9 Å². The fraction of sp³-hybridized carbons (Fsp3) is 0.875. The molecule has 0 aliphatic carbocycles. The molecule has 10 heteroatoms. The number of hydrogen-bond acceptors (Lipinski definition) is 5. The van der Waals surface area contributed by atoms with E-state index in [-0.39, 0.29) is 35.9 Å². The van der Waals surface area contributed by atoms with Gasteiger partial charge in [-0.05, 0) is 26.2 Å². The average Bonchev–Trinajstić information content (AvgIpc) is 2.57. The van der Waals surface area contributed by atoms with Gasteiger partial charge >= 0.3 is 5.97 Å². The lowest BCUT2D eigenvalue weighted by Gasteiger charge is -2.34. The number of guanidine groups is 1.